The minimum absolute atomic E-state index is 0.0904. The average Bonchev–Trinajstić information content (AvgIpc) is 3.19. The minimum Gasteiger partial charge on any atom is -0.494 e. The first-order valence-corrected chi connectivity index (χ1v) is 10.3. The Morgan fingerprint density at radius 3 is 2.73 bits per heavy atom. The van der Waals surface area contributed by atoms with Crippen molar-refractivity contribution in [1.29, 1.82) is 0 Å². The molecule has 1 saturated heterocycles. The largest absolute Gasteiger partial charge is 0.494 e. The lowest BCUT2D eigenvalue weighted by Crippen LogP contribution is -2.43. The van der Waals surface area contributed by atoms with Gasteiger partial charge in [-0.3, -0.25) is 14.5 Å². The number of benzene rings is 2. The predicted octanol–water partition coefficient (Wildman–Crippen LogP) is 3.42. The average molecular weight is 428 g/mol. The van der Waals surface area contributed by atoms with Gasteiger partial charge in [-0.05, 0) is 48.9 Å². The molecule has 0 saturated carbocycles. The van der Waals surface area contributed by atoms with Crippen molar-refractivity contribution in [3.05, 3.63) is 48.0 Å². The van der Waals surface area contributed by atoms with Gasteiger partial charge in [0.1, 0.15) is 11.0 Å². The van der Waals surface area contributed by atoms with E-state index in [1.165, 1.54) is 4.90 Å². The van der Waals surface area contributed by atoms with Gasteiger partial charge in [-0.15, -0.1) is 0 Å². The first-order valence-electron chi connectivity index (χ1n) is 9.43. The van der Waals surface area contributed by atoms with E-state index in [1.54, 1.807) is 30.3 Å². The van der Waals surface area contributed by atoms with Crippen molar-refractivity contribution in [3.63, 3.8) is 0 Å². The van der Waals surface area contributed by atoms with E-state index >= 15 is 0 Å². The van der Waals surface area contributed by atoms with Crippen molar-refractivity contribution >= 4 is 34.5 Å². The van der Waals surface area contributed by atoms with Gasteiger partial charge in [0.05, 0.1) is 25.3 Å². The number of hydrogen-bond donors (Lipinski definition) is 1. The lowest BCUT2D eigenvalue weighted by molar-refractivity contribution is -0.139. The minimum atomic E-state index is -1.03. The van der Waals surface area contributed by atoms with E-state index in [-0.39, 0.29) is 25.7 Å². The van der Waals surface area contributed by atoms with Crippen molar-refractivity contribution < 1.29 is 28.9 Å². The van der Waals surface area contributed by atoms with Gasteiger partial charge in [0.2, 0.25) is 12.7 Å². The van der Waals surface area contributed by atoms with Gasteiger partial charge >= 0.3 is 5.97 Å². The number of rotatable bonds is 6. The molecule has 1 atom stereocenters. The molecule has 1 fully saturated rings. The zero-order valence-corrected chi connectivity index (χ0v) is 17.1. The van der Waals surface area contributed by atoms with E-state index in [4.69, 9.17) is 14.2 Å². The van der Waals surface area contributed by atoms with Gasteiger partial charge in [-0.2, -0.15) is 0 Å². The number of aliphatic imine (C=N–C) groups is 1. The zero-order chi connectivity index (χ0) is 21.1. The van der Waals surface area contributed by atoms with Crippen molar-refractivity contribution in [1.82, 2.24) is 4.90 Å². The van der Waals surface area contributed by atoms with E-state index in [9.17, 15) is 14.7 Å². The van der Waals surface area contributed by atoms with E-state index in [1.807, 2.05) is 19.1 Å². The fraction of sp³-hybridized carbons (Fsp3) is 0.286. The van der Waals surface area contributed by atoms with Gasteiger partial charge in [0, 0.05) is 0 Å². The number of fused-ring (bicyclic) bond motifs is 1. The Morgan fingerprint density at radius 1 is 1.23 bits per heavy atom. The second kappa shape index (κ2) is 8.66. The lowest BCUT2D eigenvalue weighted by atomic mass is 10.1. The summed E-state index contributed by atoms with van der Waals surface area (Å²) < 4.78 is 16.2. The number of hydrogen-bond acceptors (Lipinski definition) is 7. The highest BCUT2D eigenvalue weighted by Crippen LogP contribution is 2.35. The van der Waals surface area contributed by atoms with E-state index in [0.29, 0.717) is 29.0 Å². The van der Waals surface area contributed by atoms with Crippen molar-refractivity contribution in [2.45, 2.75) is 25.1 Å². The summed E-state index contributed by atoms with van der Waals surface area (Å²) >= 11 is 1.07. The third-order valence-electron chi connectivity index (χ3n) is 4.57. The second-order valence-electron chi connectivity index (χ2n) is 6.64. The van der Waals surface area contributed by atoms with E-state index < -0.39 is 11.2 Å². The van der Waals surface area contributed by atoms with Crippen LogP contribution in [0.1, 0.15) is 18.9 Å². The smallest absolute Gasteiger partial charge is 0.317 e. The van der Waals surface area contributed by atoms with Gasteiger partial charge in [0.15, 0.2) is 16.7 Å². The molecule has 0 bridgehead atoms. The molecule has 2 aliphatic rings. The summed E-state index contributed by atoms with van der Waals surface area (Å²) in [6, 6.07) is 12.6. The summed E-state index contributed by atoms with van der Waals surface area (Å²) in [6.45, 7) is 2.88. The fourth-order valence-electron chi connectivity index (χ4n) is 3.10. The van der Waals surface area contributed by atoms with Crippen LogP contribution in [-0.4, -0.2) is 45.7 Å². The molecular weight excluding hydrogens is 408 g/mol. The summed E-state index contributed by atoms with van der Waals surface area (Å²) in [5, 5.41) is 8.90. The summed E-state index contributed by atoms with van der Waals surface area (Å²) in [6.07, 6.45) is -0.0904. The maximum Gasteiger partial charge on any atom is 0.317 e. The normalized spacial score (nSPS) is 19.2. The van der Waals surface area contributed by atoms with Crippen molar-refractivity contribution in [2.24, 2.45) is 4.99 Å². The Kier molecular flexibility index (Phi) is 5.80. The molecule has 0 spiro atoms. The molecule has 0 unspecified atom stereocenters. The third kappa shape index (κ3) is 4.35. The van der Waals surface area contributed by atoms with Crippen LogP contribution in [0.15, 0.2) is 47.5 Å². The molecule has 1 amide bonds. The molecule has 0 aliphatic carbocycles. The lowest BCUT2D eigenvalue weighted by Gasteiger charge is -2.30. The Hall–Kier alpha value is -3.20. The fourth-order valence-corrected chi connectivity index (χ4v) is 4.14. The van der Waals surface area contributed by atoms with Crippen LogP contribution in [0.2, 0.25) is 0 Å². The van der Waals surface area contributed by atoms with Gasteiger partial charge in [-0.25, -0.2) is 4.99 Å². The van der Waals surface area contributed by atoms with Crippen LogP contribution >= 0.6 is 11.8 Å². The standard InChI is InChI=1S/C21H20N2O6S/c1-2-27-15-6-4-14(5-7-15)22-21-23(19(24)10-18(30-21)20(25)26)11-13-3-8-16-17(9-13)29-12-28-16/h3-9,18H,2,10-12H2,1H3,(H,25,26)/t18-/m0/s1. The number of nitrogens with zero attached hydrogens (tertiary/aromatic N) is 2. The first kappa shape index (κ1) is 20.1. The number of aliphatic carboxylic acids is 1. The third-order valence-corrected chi connectivity index (χ3v) is 5.74. The molecule has 4 rings (SSSR count). The summed E-state index contributed by atoms with van der Waals surface area (Å²) in [5.74, 6) is 0.679. The zero-order valence-electron chi connectivity index (χ0n) is 16.2. The van der Waals surface area contributed by atoms with Crippen LogP contribution < -0.4 is 14.2 Å². The highest BCUT2D eigenvalue weighted by atomic mass is 32.2. The highest BCUT2D eigenvalue weighted by Gasteiger charge is 2.36. The van der Waals surface area contributed by atoms with Gasteiger partial charge in [0.25, 0.3) is 0 Å². The summed E-state index contributed by atoms with van der Waals surface area (Å²) in [5.41, 5.74) is 1.44. The predicted molar refractivity (Wildman–Crippen MR) is 111 cm³/mol. The SMILES string of the molecule is CCOc1ccc(N=C2S[C@H](C(=O)O)CC(=O)N2Cc2ccc3c(c2)OCO3)cc1. The molecule has 9 heteroatoms. The van der Waals surface area contributed by atoms with Crippen LogP contribution in [0.25, 0.3) is 0 Å². The molecule has 1 N–H and O–H groups in total. The maximum atomic E-state index is 12.8. The number of ether oxygens (including phenoxy) is 3. The van der Waals surface area contributed by atoms with Crippen molar-refractivity contribution in [3.8, 4) is 17.2 Å². The number of carboxylic acid groups (broad SMARTS) is 1. The van der Waals surface area contributed by atoms with Crippen LogP contribution in [0.4, 0.5) is 5.69 Å². The molecule has 8 nitrogen and oxygen atoms in total. The van der Waals surface area contributed by atoms with Gasteiger partial charge < -0.3 is 19.3 Å². The van der Waals surface area contributed by atoms with E-state index in [2.05, 4.69) is 4.99 Å². The highest BCUT2D eigenvalue weighted by molar-refractivity contribution is 8.15. The number of carboxylic acids is 1. The Balaban J connectivity index is 1.62. The first-order chi connectivity index (χ1) is 14.5. The summed E-state index contributed by atoms with van der Waals surface area (Å²) in [7, 11) is 0. The molecule has 2 heterocycles. The quantitative estimate of drug-likeness (QED) is 0.753. The van der Waals surface area contributed by atoms with Crippen LogP contribution in [0.3, 0.4) is 0 Å². The number of carbonyl (C=O) groups is 2. The molecule has 2 aromatic carbocycles. The number of carbonyl (C=O) groups excluding carboxylic acids is 1. The van der Waals surface area contributed by atoms with Gasteiger partial charge in [-0.1, -0.05) is 17.8 Å². The molecule has 0 aromatic heterocycles. The van der Waals surface area contributed by atoms with E-state index in [0.717, 1.165) is 23.1 Å². The molecular formula is C21H20N2O6S. The number of thioether (sulfide) groups is 1. The Labute approximate surface area is 177 Å². The Morgan fingerprint density at radius 2 is 2.00 bits per heavy atom. The van der Waals surface area contributed by atoms with Crippen molar-refractivity contribution in [2.75, 3.05) is 13.4 Å². The number of amidine groups is 1. The maximum absolute atomic E-state index is 12.8. The van der Waals surface area contributed by atoms with Crippen LogP contribution in [0, 0.1) is 0 Å². The number of amides is 1. The second-order valence-corrected chi connectivity index (χ2v) is 7.81. The Bertz CT molecular complexity index is 991. The van der Waals surface area contributed by atoms with Crippen LogP contribution in [0.5, 0.6) is 17.2 Å². The monoisotopic (exact) mass is 428 g/mol. The molecule has 30 heavy (non-hydrogen) atoms. The molecule has 156 valence electrons. The topological polar surface area (TPSA) is 97.7 Å². The summed E-state index contributed by atoms with van der Waals surface area (Å²) in [4.78, 5) is 30.4. The molecule has 2 aromatic rings. The van der Waals surface area contributed by atoms with Crippen LogP contribution in [-0.2, 0) is 16.1 Å². The molecule has 0 radical (unpaired) electrons. The molecule has 2 aliphatic heterocycles.